The molecule has 41 valence electrons. The number of hydrogen-bond donors (Lipinski definition) is 1. The maximum atomic E-state index is 9.58. The van der Waals surface area contributed by atoms with Gasteiger partial charge >= 0.3 is 6.41 Å². The van der Waals surface area contributed by atoms with Gasteiger partial charge in [0, 0.05) is 5.54 Å². The summed E-state index contributed by atoms with van der Waals surface area (Å²) in [4.78, 5) is 9.58. The standard InChI is InChI=1S/C5H10NO/c1-5(2,3)6-4-7/h1-3H3,(H,6,7). The first-order valence-corrected chi connectivity index (χ1v) is 2.20. The third-order valence-corrected chi connectivity index (χ3v) is 0.426. The van der Waals surface area contributed by atoms with E-state index in [4.69, 9.17) is 0 Å². The smallest absolute Gasteiger partial charge is 0.309 e. The van der Waals surface area contributed by atoms with Crippen molar-refractivity contribution in [1.29, 1.82) is 0 Å². The molecule has 0 aromatic rings. The highest BCUT2D eigenvalue weighted by Crippen LogP contribution is 1.94. The lowest BCUT2D eigenvalue weighted by Gasteiger charge is -2.14. The van der Waals surface area contributed by atoms with Crippen LogP contribution in [0.5, 0.6) is 0 Å². The molecule has 0 unspecified atom stereocenters. The summed E-state index contributed by atoms with van der Waals surface area (Å²) in [6.45, 7) is 5.70. The van der Waals surface area contributed by atoms with Crippen LogP contribution in [0.25, 0.3) is 0 Å². The van der Waals surface area contributed by atoms with E-state index >= 15 is 0 Å². The Balaban J connectivity index is 3.34. The first-order valence-electron chi connectivity index (χ1n) is 2.20. The topological polar surface area (TPSA) is 29.1 Å². The van der Waals surface area contributed by atoms with E-state index in [0.29, 0.717) is 0 Å². The molecule has 2 heteroatoms. The van der Waals surface area contributed by atoms with Crippen LogP contribution in [0.3, 0.4) is 0 Å². The molecule has 0 aliphatic carbocycles. The second-order valence-corrected chi connectivity index (χ2v) is 2.48. The minimum atomic E-state index is -0.123. The Morgan fingerprint density at radius 1 is 1.43 bits per heavy atom. The quantitative estimate of drug-likeness (QED) is 0.476. The maximum absolute atomic E-state index is 9.58. The van der Waals surface area contributed by atoms with Gasteiger partial charge < -0.3 is 5.32 Å². The number of carbonyl (C=O) groups excluding carboxylic acids is 1. The van der Waals surface area contributed by atoms with Crippen molar-refractivity contribution in [2.75, 3.05) is 0 Å². The summed E-state index contributed by atoms with van der Waals surface area (Å²) in [6.07, 6.45) is 1.61. The number of amides is 1. The molecule has 0 spiro atoms. The van der Waals surface area contributed by atoms with Gasteiger partial charge in [0.1, 0.15) is 0 Å². The highest BCUT2D eigenvalue weighted by Gasteiger charge is 2.05. The minimum Gasteiger partial charge on any atom is -0.343 e. The number of nitrogens with one attached hydrogen (secondary N) is 1. The molecule has 1 radical (unpaired) electrons. The Labute approximate surface area is 43.9 Å². The summed E-state index contributed by atoms with van der Waals surface area (Å²) in [5.74, 6) is 0. The summed E-state index contributed by atoms with van der Waals surface area (Å²) in [5.41, 5.74) is -0.123. The van der Waals surface area contributed by atoms with Gasteiger partial charge in [0.25, 0.3) is 0 Å². The van der Waals surface area contributed by atoms with Crippen LogP contribution in [0.2, 0.25) is 0 Å². The zero-order valence-corrected chi connectivity index (χ0v) is 4.91. The average Bonchev–Trinajstić information content (AvgIpc) is 1.30. The molecular formula is C5H10NO. The number of hydrogen-bond acceptors (Lipinski definition) is 1. The summed E-state index contributed by atoms with van der Waals surface area (Å²) < 4.78 is 0. The van der Waals surface area contributed by atoms with E-state index in [-0.39, 0.29) is 5.54 Å². The van der Waals surface area contributed by atoms with Gasteiger partial charge in [-0.2, -0.15) is 0 Å². The molecule has 0 aliphatic rings. The van der Waals surface area contributed by atoms with Gasteiger partial charge in [0.05, 0.1) is 0 Å². The fraction of sp³-hybridized carbons (Fsp3) is 0.800. The summed E-state index contributed by atoms with van der Waals surface area (Å²) >= 11 is 0. The molecule has 1 N–H and O–H groups in total. The molecule has 0 heterocycles. The average molecular weight is 100 g/mol. The SMILES string of the molecule is CC(C)(C)N[C]=O. The Bertz CT molecular complexity index is 63.0. The lowest BCUT2D eigenvalue weighted by Crippen LogP contribution is -2.34. The molecule has 0 aliphatic heterocycles. The van der Waals surface area contributed by atoms with E-state index < -0.39 is 0 Å². The molecule has 0 rings (SSSR count). The monoisotopic (exact) mass is 100 g/mol. The summed E-state index contributed by atoms with van der Waals surface area (Å²) in [5, 5.41) is 2.48. The second-order valence-electron chi connectivity index (χ2n) is 2.48. The predicted molar refractivity (Wildman–Crippen MR) is 28.6 cm³/mol. The zero-order chi connectivity index (χ0) is 5.91. The lowest BCUT2D eigenvalue weighted by molar-refractivity contribution is 0.469. The fourth-order valence-electron chi connectivity index (χ4n) is 0.153. The van der Waals surface area contributed by atoms with Crippen LogP contribution in [-0.4, -0.2) is 11.9 Å². The largest absolute Gasteiger partial charge is 0.343 e. The molecule has 1 amide bonds. The Morgan fingerprint density at radius 3 is 1.86 bits per heavy atom. The van der Waals surface area contributed by atoms with Crippen molar-refractivity contribution in [1.82, 2.24) is 5.32 Å². The van der Waals surface area contributed by atoms with Crippen molar-refractivity contribution >= 4 is 6.41 Å². The lowest BCUT2D eigenvalue weighted by atomic mass is 10.1. The molecular weight excluding hydrogens is 90.1 g/mol. The first-order chi connectivity index (χ1) is 3.06. The highest BCUT2D eigenvalue weighted by molar-refractivity contribution is 5.48. The van der Waals surface area contributed by atoms with E-state index in [9.17, 15) is 4.79 Å². The van der Waals surface area contributed by atoms with Crippen molar-refractivity contribution < 1.29 is 4.79 Å². The molecule has 0 fully saturated rings. The van der Waals surface area contributed by atoms with Crippen LogP contribution in [0.1, 0.15) is 20.8 Å². The molecule has 0 aromatic heterocycles. The first kappa shape index (κ1) is 6.47. The third-order valence-electron chi connectivity index (χ3n) is 0.426. The minimum absolute atomic E-state index is 0.123. The Morgan fingerprint density at radius 2 is 1.86 bits per heavy atom. The molecule has 0 aromatic carbocycles. The van der Waals surface area contributed by atoms with Crippen molar-refractivity contribution in [3.8, 4) is 0 Å². The zero-order valence-electron chi connectivity index (χ0n) is 4.91. The number of rotatable bonds is 1. The van der Waals surface area contributed by atoms with E-state index in [1.165, 1.54) is 0 Å². The van der Waals surface area contributed by atoms with Gasteiger partial charge in [-0.15, -0.1) is 0 Å². The van der Waals surface area contributed by atoms with Gasteiger partial charge in [-0.1, -0.05) is 0 Å². The van der Waals surface area contributed by atoms with Crippen LogP contribution in [0.15, 0.2) is 0 Å². The van der Waals surface area contributed by atoms with Crippen molar-refractivity contribution in [2.24, 2.45) is 0 Å². The van der Waals surface area contributed by atoms with Crippen LogP contribution < -0.4 is 5.32 Å². The van der Waals surface area contributed by atoms with Gasteiger partial charge in [0.2, 0.25) is 0 Å². The maximum Gasteiger partial charge on any atom is 0.309 e. The van der Waals surface area contributed by atoms with E-state index in [2.05, 4.69) is 5.32 Å². The molecule has 0 saturated heterocycles. The van der Waals surface area contributed by atoms with Gasteiger partial charge in [-0.05, 0) is 20.8 Å². The van der Waals surface area contributed by atoms with E-state index in [1.807, 2.05) is 20.8 Å². The molecule has 0 saturated carbocycles. The van der Waals surface area contributed by atoms with Crippen molar-refractivity contribution in [3.05, 3.63) is 0 Å². The van der Waals surface area contributed by atoms with Crippen LogP contribution >= 0.6 is 0 Å². The van der Waals surface area contributed by atoms with Crippen LogP contribution in [0.4, 0.5) is 0 Å². The van der Waals surface area contributed by atoms with Crippen molar-refractivity contribution in [2.45, 2.75) is 26.3 Å². The fourth-order valence-corrected chi connectivity index (χ4v) is 0.153. The Hall–Kier alpha value is -0.530. The van der Waals surface area contributed by atoms with E-state index in [1.54, 1.807) is 6.41 Å². The van der Waals surface area contributed by atoms with Gasteiger partial charge in [-0.25, -0.2) is 0 Å². The van der Waals surface area contributed by atoms with Crippen LogP contribution in [0, 0.1) is 0 Å². The molecule has 0 atom stereocenters. The van der Waals surface area contributed by atoms with Gasteiger partial charge in [-0.3, -0.25) is 4.79 Å². The predicted octanol–water partition coefficient (Wildman–Crippen LogP) is 0.442. The third kappa shape index (κ3) is 5.47. The second kappa shape index (κ2) is 1.96. The molecule has 0 bridgehead atoms. The van der Waals surface area contributed by atoms with Crippen molar-refractivity contribution in [3.63, 3.8) is 0 Å². The van der Waals surface area contributed by atoms with Crippen LogP contribution in [-0.2, 0) is 4.79 Å². The Kier molecular flexibility index (Phi) is 1.81. The molecule has 7 heavy (non-hydrogen) atoms. The summed E-state index contributed by atoms with van der Waals surface area (Å²) in [7, 11) is 0. The highest BCUT2D eigenvalue weighted by atomic mass is 16.1. The molecule has 2 nitrogen and oxygen atoms in total. The normalized spacial score (nSPS) is 10.7. The van der Waals surface area contributed by atoms with E-state index in [0.717, 1.165) is 0 Å². The van der Waals surface area contributed by atoms with Gasteiger partial charge in [0.15, 0.2) is 0 Å². The summed E-state index contributed by atoms with van der Waals surface area (Å²) in [6, 6.07) is 0.